The van der Waals surface area contributed by atoms with Crippen LogP contribution in [-0.2, 0) is 10.1 Å². The molecule has 1 aromatic heterocycles. The highest BCUT2D eigenvalue weighted by Crippen LogP contribution is 2.19. The van der Waals surface area contributed by atoms with Crippen molar-refractivity contribution < 1.29 is 17.5 Å². The summed E-state index contributed by atoms with van der Waals surface area (Å²) in [5.41, 5.74) is 2.15. The number of aromatic nitrogens is 2. The van der Waals surface area contributed by atoms with Gasteiger partial charge in [-0.2, -0.15) is 13.4 Å². The maximum absolute atomic E-state index is 12.4. The fourth-order valence-electron chi connectivity index (χ4n) is 2.42. The van der Waals surface area contributed by atoms with Crippen molar-refractivity contribution in [2.45, 2.75) is 18.7 Å². The van der Waals surface area contributed by atoms with Gasteiger partial charge in [-0.15, -0.1) is 0 Å². The molecule has 3 rings (SSSR count). The van der Waals surface area contributed by atoms with Crippen molar-refractivity contribution in [2.24, 2.45) is 0 Å². The maximum Gasteiger partial charge on any atom is 0.340 e. The summed E-state index contributed by atoms with van der Waals surface area (Å²) in [5, 5.41) is 10.7. The molecular formula is C20H17N3O5S. The van der Waals surface area contributed by atoms with E-state index < -0.39 is 15.0 Å². The molecule has 0 aliphatic rings. The zero-order valence-corrected chi connectivity index (χ0v) is 16.5. The lowest BCUT2D eigenvalue weighted by Gasteiger charge is -2.07. The Morgan fingerprint density at radius 2 is 1.62 bits per heavy atom. The number of aryl methyl sites for hydroxylation is 2. The minimum absolute atomic E-state index is 0.00838. The number of nitro groups is 1. The summed E-state index contributed by atoms with van der Waals surface area (Å²) >= 11 is 0. The molecule has 2 aromatic carbocycles. The maximum atomic E-state index is 12.4. The Kier molecular flexibility index (Phi) is 5.69. The standard InChI is InChI=1S/C20H17N3O5S/c1-14-3-10-18(11-4-14)29(26,27)28-20-13-15(2)21-19(22-20)12-7-16-5-8-17(9-6-16)23(24)25/h3-13H,1-2H3. The van der Waals surface area contributed by atoms with Crippen LogP contribution >= 0.6 is 0 Å². The first-order chi connectivity index (χ1) is 13.7. The van der Waals surface area contributed by atoms with Crippen LogP contribution in [0.4, 0.5) is 5.69 Å². The zero-order valence-electron chi connectivity index (χ0n) is 15.6. The molecule has 0 saturated carbocycles. The Morgan fingerprint density at radius 1 is 0.966 bits per heavy atom. The lowest BCUT2D eigenvalue weighted by Crippen LogP contribution is -2.11. The molecule has 0 radical (unpaired) electrons. The van der Waals surface area contributed by atoms with Crippen LogP contribution in [0.3, 0.4) is 0 Å². The van der Waals surface area contributed by atoms with Gasteiger partial charge < -0.3 is 4.18 Å². The molecule has 3 aromatic rings. The molecule has 0 aliphatic heterocycles. The quantitative estimate of drug-likeness (QED) is 0.343. The third-order valence-electron chi connectivity index (χ3n) is 3.88. The fraction of sp³-hybridized carbons (Fsp3) is 0.100. The third kappa shape index (κ3) is 5.23. The van der Waals surface area contributed by atoms with E-state index in [1.54, 1.807) is 43.3 Å². The average molecular weight is 411 g/mol. The second-order valence-electron chi connectivity index (χ2n) is 6.24. The van der Waals surface area contributed by atoms with Crippen molar-refractivity contribution in [3.05, 3.63) is 87.4 Å². The van der Waals surface area contributed by atoms with Gasteiger partial charge in [0.2, 0.25) is 5.88 Å². The lowest BCUT2D eigenvalue weighted by atomic mass is 10.2. The molecule has 1 heterocycles. The monoisotopic (exact) mass is 411 g/mol. The first-order valence-electron chi connectivity index (χ1n) is 8.52. The molecule has 29 heavy (non-hydrogen) atoms. The number of nitrogens with zero attached hydrogens (tertiary/aromatic N) is 3. The van der Waals surface area contributed by atoms with Gasteiger partial charge in [-0.25, -0.2) is 4.98 Å². The van der Waals surface area contributed by atoms with E-state index in [-0.39, 0.29) is 22.3 Å². The topological polar surface area (TPSA) is 112 Å². The minimum Gasteiger partial charge on any atom is -0.358 e. The van der Waals surface area contributed by atoms with E-state index >= 15 is 0 Å². The lowest BCUT2D eigenvalue weighted by molar-refractivity contribution is -0.384. The van der Waals surface area contributed by atoms with E-state index in [2.05, 4.69) is 9.97 Å². The van der Waals surface area contributed by atoms with Crippen LogP contribution in [0.15, 0.2) is 59.5 Å². The SMILES string of the molecule is Cc1ccc(S(=O)(=O)Oc2cc(C)nc(C=Cc3ccc([N+](=O)[O-])cc3)n2)cc1. The molecule has 0 fully saturated rings. The number of rotatable bonds is 6. The van der Waals surface area contributed by atoms with E-state index in [1.165, 1.54) is 30.3 Å². The Balaban J connectivity index is 1.82. The van der Waals surface area contributed by atoms with Gasteiger partial charge in [0.1, 0.15) is 4.90 Å². The van der Waals surface area contributed by atoms with E-state index in [4.69, 9.17) is 4.18 Å². The number of benzene rings is 2. The normalized spacial score (nSPS) is 11.5. The first kappa shape index (κ1) is 20.2. The number of non-ortho nitro benzene ring substituents is 1. The molecule has 0 spiro atoms. The van der Waals surface area contributed by atoms with Gasteiger partial charge in [0.25, 0.3) is 5.69 Å². The Labute approximate surface area is 167 Å². The highest BCUT2D eigenvalue weighted by Gasteiger charge is 2.18. The molecule has 8 nitrogen and oxygen atoms in total. The number of hydrogen-bond acceptors (Lipinski definition) is 7. The second kappa shape index (κ2) is 8.19. The molecule has 0 unspecified atom stereocenters. The van der Waals surface area contributed by atoms with Gasteiger partial charge in [-0.3, -0.25) is 10.1 Å². The van der Waals surface area contributed by atoms with E-state index in [0.717, 1.165) is 5.56 Å². The van der Waals surface area contributed by atoms with Crippen LogP contribution in [0.2, 0.25) is 0 Å². The number of hydrogen-bond donors (Lipinski definition) is 0. The highest BCUT2D eigenvalue weighted by atomic mass is 32.2. The summed E-state index contributed by atoms with van der Waals surface area (Å²) in [6.45, 7) is 3.55. The first-order valence-corrected chi connectivity index (χ1v) is 9.93. The summed E-state index contributed by atoms with van der Waals surface area (Å²) in [6, 6.07) is 13.7. The van der Waals surface area contributed by atoms with Gasteiger partial charge >= 0.3 is 10.1 Å². The molecule has 0 saturated heterocycles. The van der Waals surface area contributed by atoms with E-state index in [9.17, 15) is 18.5 Å². The van der Waals surface area contributed by atoms with Crippen LogP contribution in [0.25, 0.3) is 12.2 Å². The van der Waals surface area contributed by atoms with Crippen molar-refractivity contribution in [1.29, 1.82) is 0 Å². The highest BCUT2D eigenvalue weighted by molar-refractivity contribution is 7.87. The fourth-order valence-corrected chi connectivity index (χ4v) is 3.30. The zero-order chi connectivity index (χ0) is 21.0. The average Bonchev–Trinajstić information content (AvgIpc) is 2.66. The minimum atomic E-state index is -4.02. The van der Waals surface area contributed by atoms with E-state index in [1.807, 2.05) is 6.92 Å². The van der Waals surface area contributed by atoms with Crippen molar-refractivity contribution >= 4 is 28.0 Å². The van der Waals surface area contributed by atoms with E-state index in [0.29, 0.717) is 11.3 Å². The molecule has 0 N–H and O–H groups in total. The largest absolute Gasteiger partial charge is 0.358 e. The summed E-state index contributed by atoms with van der Waals surface area (Å²) < 4.78 is 30.0. The van der Waals surface area contributed by atoms with Gasteiger partial charge in [0, 0.05) is 23.9 Å². The van der Waals surface area contributed by atoms with Crippen molar-refractivity contribution in [3.63, 3.8) is 0 Å². The molecule has 9 heteroatoms. The molecule has 0 atom stereocenters. The van der Waals surface area contributed by atoms with Crippen molar-refractivity contribution in [3.8, 4) is 5.88 Å². The van der Waals surface area contributed by atoms with Crippen LogP contribution < -0.4 is 4.18 Å². The summed E-state index contributed by atoms with van der Waals surface area (Å²) in [6.07, 6.45) is 3.23. The van der Waals surface area contributed by atoms with Gasteiger partial charge in [-0.1, -0.05) is 23.8 Å². The molecule has 0 amide bonds. The predicted molar refractivity (Wildman–Crippen MR) is 108 cm³/mol. The Morgan fingerprint density at radius 3 is 2.24 bits per heavy atom. The molecule has 0 bridgehead atoms. The summed E-state index contributed by atoms with van der Waals surface area (Å²) in [4.78, 5) is 18.6. The molecular weight excluding hydrogens is 394 g/mol. The van der Waals surface area contributed by atoms with Gasteiger partial charge in [-0.05, 0) is 49.8 Å². The van der Waals surface area contributed by atoms with Crippen LogP contribution in [-0.4, -0.2) is 23.3 Å². The third-order valence-corrected chi connectivity index (χ3v) is 5.12. The van der Waals surface area contributed by atoms with Gasteiger partial charge in [0.05, 0.1) is 4.92 Å². The van der Waals surface area contributed by atoms with Gasteiger partial charge in [0.15, 0.2) is 5.82 Å². The molecule has 0 aliphatic carbocycles. The summed E-state index contributed by atoms with van der Waals surface area (Å²) in [7, 11) is -4.02. The molecule has 148 valence electrons. The smallest absolute Gasteiger partial charge is 0.340 e. The van der Waals surface area contributed by atoms with Crippen LogP contribution in [0, 0.1) is 24.0 Å². The van der Waals surface area contributed by atoms with Crippen LogP contribution in [0.5, 0.6) is 5.88 Å². The van der Waals surface area contributed by atoms with Crippen LogP contribution in [0.1, 0.15) is 22.6 Å². The second-order valence-corrected chi connectivity index (χ2v) is 7.78. The Bertz CT molecular complexity index is 1170. The van der Waals surface area contributed by atoms with Crippen molar-refractivity contribution in [2.75, 3.05) is 0 Å². The van der Waals surface area contributed by atoms with Crippen molar-refractivity contribution in [1.82, 2.24) is 9.97 Å². The predicted octanol–water partition coefficient (Wildman–Crippen LogP) is 3.94. The Hall–Kier alpha value is -3.59. The summed E-state index contributed by atoms with van der Waals surface area (Å²) in [5.74, 6) is 0.152. The number of nitro benzene ring substituents is 1.